The number of nitrogens with one attached hydrogen (secondary N) is 2. The fourth-order valence-corrected chi connectivity index (χ4v) is 3.85. The molecule has 3 aromatic carbocycles. The number of rotatable bonds is 8. The molecular weight excluding hydrogens is 452 g/mol. The van der Waals surface area contributed by atoms with E-state index < -0.39 is 0 Å². The first-order valence-corrected chi connectivity index (χ1v) is 11.3. The Morgan fingerprint density at radius 3 is 2.56 bits per heavy atom. The van der Waals surface area contributed by atoms with E-state index in [1.54, 1.807) is 43.5 Å². The SMILES string of the molecule is COc1ccccc1-n1nnnc1SCC(=O)Nc1ccc(C)c(NC(=O)c2ccccc2)c1. The molecule has 1 heterocycles. The van der Waals surface area contributed by atoms with Crippen LogP contribution in [-0.4, -0.2) is 44.9 Å². The summed E-state index contributed by atoms with van der Waals surface area (Å²) in [6, 6.07) is 21.7. The Morgan fingerprint density at radius 1 is 1.00 bits per heavy atom. The van der Waals surface area contributed by atoms with Crippen molar-refractivity contribution in [2.45, 2.75) is 12.1 Å². The van der Waals surface area contributed by atoms with Crippen molar-refractivity contribution in [1.82, 2.24) is 20.2 Å². The van der Waals surface area contributed by atoms with Gasteiger partial charge in [-0.3, -0.25) is 9.59 Å². The Morgan fingerprint density at radius 2 is 1.76 bits per heavy atom. The highest BCUT2D eigenvalue weighted by Gasteiger charge is 2.15. The quantitative estimate of drug-likeness (QED) is 0.372. The summed E-state index contributed by atoms with van der Waals surface area (Å²) >= 11 is 1.20. The molecule has 2 N–H and O–H groups in total. The van der Waals surface area contributed by atoms with Crippen LogP contribution in [-0.2, 0) is 4.79 Å². The zero-order chi connectivity index (χ0) is 23.9. The molecule has 0 aliphatic rings. The number of nitrogens with zero attached hydrogens (tertiary/aromatic N) is 4. The molecule has 0 radical (unpaired) electrons. The molecule has 0 saturated heterocycles. The van der Waals surface area contributed by atoms with Crippen LogP contribution in [0.15, 0.2) is 78.0 Å². The normalized spacial score (nSPS) is 10.5. The first-order chi connectivity index (χ1) is 16.5. The maximum Gasteiger partial charge on any atom is 0.255 e. The highest BCUT2D eigenvalue weighted by atomic mass is 32.2. The highest BCUT2D eigenvalue weighted by molar-refractivity contribution is 7.99. The van der Waals surface area contributed by atoms with Gasteiger partial charge in [-0.15, -0.1) is 5.10 Å². The van der Waals surface area contributed by atoms with Gasteiger partial charge in [0.2, 0.25) is 11.1 Å². The van der Waals surface area contributed by atoms with Crippen molar-refractivity contribution in [3.63, 3.8) is 0 Å². The number of thioether (sulfide) groups is 1. The average Bonchev–Trinajstić information content (AvgIpc) is 3.33. The van der Waals surface area contributed by atoms with Gasteiger partial charge < -0.3 is 15.4 Å². The summed E-state index contributed by atoms with van der Waals surface area (Å²) in [5.41, 5.74) is 3.31. The van der Waals surface area contributed by atoms with Crippen LogP contribution in [0.4, 0.5) is 11.4 Å². The lowest BCUT2D eigenvalue weighted by Gasteiger charge is -2.12. The number of amides is 2. The van der Waals surface area contributed by atoms with E-state index in [0.29, 0.717) is 33.5 Å². The van der Waals surface area contributed by atoms with Crippen molar-refractivity contribution in [1.29, 1.82) is 0 Å². The molecule has 0 aliphatic carbocycles. The van der Waals surface area contributed by atoms with Gasteiger partial charge in [0.05, 0.1) is 12.9 Å². The number of aromatic nitrogens is 4. The van der Waals surface area contributed by atoms with E-state index in [1.165, 1.54) is 16.4 Å². The van der Waals surface area contributed by atoms with Crippen LogP contribution in [0.3, 0.4) is 0 Å². The van der Waals surface area contributed by atoms with Crippen LogP contribution in [0, 0.1) is 6.92 Å². The number of benzene rings is 3. The molecule has 10 heteroatoms. The molecule has 2 amide bonds. The summed E-state index contributed by atoms with van der Waals surface area (Å²) in [7, 11) is 1.57. The molecule has 0 fully saturated rings. The van der Waals surface area contributed by atoms with Crippen molar-refractivity contribution >= 4 is 35.0 Å². The lowest BCUT2D eigenvalue weighted by Crippen LogP contribution is -2.16. The third-order valence-corrected chi connectivity index (χ3v) is 5.81. The number of carbonyl (C=O) groups excluding carboxylic acids is 2. The van der Waals surface area contributed by atoms with Crippen LogP contribution in [0.1, 0.15) is 15.9 Å². The zero-order valence-corrected chi connectivity index (χ0v) is 19.4. The number of anilines is 2. The van der Waals surface area contributed by atoms with Crippen molar-refractivity contribution in [2.75, 3.05) is 23.5 Å². The Bertz CT molecular complexity index is 1310. The molecule has 0 aliphatic heterocycles. The monoisotopic (exact) mass is 474 g/mol. The minimum atomic E-state index is -0.233. The van der Waals surface area contributed by atoms with E-state index in [1.807, 2.05) is 43.3 Å². The predicted octanol–water partition coefficient (Wildman–Crippen LogP) is 3.96. The molecule has 0 atom stereocenters. The molecule has 172 valence electrons. The topological polar surface area (TPSA) is 111 Å². The molecule has 0 saturated carbocycles. The predicted molar refractivity (Wildman–Crippen MR) is 131 cm³/mol. The average molecular weight is 475 g/mol. The van der Waals surface area contributed by atoms with Crippen molar-refractivity contribution in [3.8, 4) is 11.4 Å². The van der Waals surface area contributed by atoms with Crippen LogP contribution < -0.4 is 15.4 Å². The molecule has 34 heavy (non-hydrogen) atoms. The third-order valence-electron chi connectivity index (χ3n) is 4.89. The van der Waals surface area contributed by atoms with E-state index in [-0.39, 0.29) is 17.6 Å². The van der Waals surface area contributed by atoms with Gasteiger partial charge >= 0.3 is 0 Å². The van der Waals surface area contributed by atoms with Gasteiger partial charge in [0, 0.05) is 16.9 Å². The van der Waals surface area contributed by atoms with Crippen LogP contribution in [0.5, 0.6) is 5.75 Å². The largest absolute Gasteiger partial charge is 0.494 e. The summed E-state index contributed by atoms with van der Waals surface area (Å²) in [6.45, 7) is 1.89. The van der Waals surface area contributed by atoms with E-state index in [9.17, 15) is 9.59 Å². The molecular formula is C24H22N6O3S. The summed E-state index contributed by atoms with van der Waals surface area (Å²) in [5.74, 6) is 0.260. The molecule has 1 aromatic heterocycles. The van der Waals surface area contributed by atoms with E-state index in [4.69, 9.17) is 4.74 Å². The van der Waals surface area contributed by atoms with Gasteiger partial charge in [-0.2, -0.15) is 4.68 Å². The number of para-hydroxylation sites is 2. The Hall–Kier alpha value is -4.18. The number of hydrogen-bond donors (Lipinski definition) is 2. The minimum Gasteiger partial charge on any atom is -0.494 e. The number of tetrazole rings is 1. The highest BCUT2D eigenvalue weighted by Crippen LogP contribution is 2.26. The second-order valence-electron chi connectivity index (χ2n) is 7.23. The Kier molecular flexibility index (Phi) is 7.19. The van der Waals surface area contributed by atoms with E-state index in [2.05, 4.69) is 26.2 Å². The van der Waals surface area contributed by atoms with E-state index >= 15 is 0 Å². The van der Waals surface area contributed by atoms with Gasteiger partial charge in [0.25, 0.3) is 5.91 Å². The zero-order valence-electron chi connectivity index (χ0n) is 18.6. The lowest BCUT2D eigenvalue weighted by atomic mass is 10.1. The molecule has 9 nitrogen and oxygen atoms in total. The van der Waals surface area contributed by atoms with Crippen molar-refractivity contribution in [2.24, 2.45) is 0 Å². The molecule has 4 rings (SSSR count). The lowest BCUT2D eigenvalue weighted by molar-refractivity contribution is -0.113. The van der Waals surface area contributed by atoms with Crippen molar-refractivity contribution < 1.29 is 14.3 Å². The fraction of sp³-hybridized carbons (Fsp3) is 0.125. The van der Waals surface area contributed by atoms with Crippen LogP contribution >= 0.6 is 11.8 Å². The molecule has 0 spiro atoms. The maximum absolute atomic E-state index is 12.6. The fourth-order valence-electron chi connectivity index (χ4n) is 3.17. The van der Waals surface area contributed by atoms with Gasteiger partial charge in [-0.25, -0.2) is 0 Å². The summed E-state index contributed by atoms with van der Waals surface area (Å²) < 4.78 is 6.90. The van der Waals surface area contributed by atoms with Crippen LogP contribution in [0.2, 0.25) is 0 Å². The summed E-state index contributed by atoms with van der Waals surface area (Å²) in [6.07, 6.45) is 0. The first kappa shape index (κ1) is 23.0. The smallest absolute Gasteiger partial charge is 0.255 e. The second kappa shape index (κ2) is 10.6. The van der Waals surface area contributed by atoms with Gasteiger partial charge in [-0.05, 0) is 59.3 Å². The van der Waals surface area contributed by atoms with Crippen molar-refractivity contribution in [3.05, 3.63) is 83.9 Å². The number of methoxy groups -OCH3 is 1. The van der Waals surface area contributed by atoms with Crippen LogP contribution in [0.25, 0.3) is 5.69 Å². The van der Waals surface area contributed by atoms with Gasteiger partial charge in [0.1, 0.15) is 11.4 Å². The summed E-state index contributed by atoms with van der Waals surface area (Å²) in [5, 5.41) is 18.0. The Labute approximate surface area is 200 Å². The molecule has 0 bridgehead atoms. The number of hydrogen-bond acceptors (Lipinski definition) is 7. The number of ether oxygens (including phenoxy) is 1. The van der Waals surface area contributed by atoms with Gasteiger partial charge in [0.15, 0.2) is 0 Å². The standard InChI is InChI=1S/C24H22N6O3S/c1-16-12-13-18(14-19(16)26-23(32)17-8-4-3-5-9-17)25-22(31)15-34-24-27-28-29-30(24)20-10-6-7-11-21(20)33-2/h3-14H,15H2,1-2H3,(H,25,31)(H,26,32). The first-order valence-electron chi connectivity index (χ1n) is 10.4. The minimum absolute atomic E-state index is 0.0924. The third kappa shape index (κ3) is 5.41. The summed E-state index contributed by atoms with van der Waals surface area (Å²) in [4.78, 5) is 25.1. The number of carbonyl (C=O) groups is 2. The Balaban J connectivity index is 1.40. The second-order valence-corrected chi connectivity index (χ2v) is 8.17. The molecule has 0 unspecified atom stereocenters. The van der Waals surface area contributed by atoms with Gasteiger partial charge in [-0.1, -0.05) is 48.2 Å². The van der Waals surface area contributed by atoms with E-state index in [0.717, 1.165) is 5.56 Å². The molecule has 4 aromatic rings. The maximum atomic E-state index is 12.6. The number of aryl methyl sites for hydroxylation is 1.